The van der Waals surface area contributed by atoms with Gasteiger partial charge in [-0.2, -0.15) is 0 Å². The highest BCUT2D eigenvalue weighted by atomic mass is 32.1. The van der Waals surface area contributed by atoms with Crippen molar-refractivity contribution >= 4 is 11.3 Å². The van der Waals surface area contributed by atoms with Crippen molar-refractivity contribution in [3.63, 3.8) is 0 Å². The first-order chi connectivity index (χ1) is 9.11. The molecule has 0 aliphatic rings. The van der Waals surface area contributed by atoms with Gasteiger partial charge >= 0.3 is 0 Å². The molecule has 1 heterocycles. The zero-order chi connectivity index (χ0) is 13.7. The number of rotatable bonds is 6. The van der Waals surface area contributed by atoms with Gasteiger partial charge in [0.2, 0.25) is 0 Å². The summed E-state index contributed by atoms with van der Waals surface area (Å²) in [5.74, 6) is 0. The molecule has 0 amide bonds. The molecule has 0 radical (unpaired) electrons. The standard InChI is InChI=1S/C16H21NOS/c1-16(2,12-18-3)17-10-15-9-14(11-19-15)13-7-5-4-6-8-13/h4-9,11,17H,10,12H2,1-3H3. The highest BCUT2D eigenvalue weighted by Crippen LogP contribution is 2.25. The van der Waals surface area contributed by atoms with Gasteiger partial charge in [-0.1, -0.05) is 30.3 Å². The first kappa shape index (κ1) is 14.3. The fourth-order valence-electron chi connectivity index (χ4n) is 1.99. The Labute approximate surface area is 119 Å². The van der Waals surface area contributed by atoms with Gasteiger partial charge < -0.3 is 10.1 Å². The molecule has 0 aliphatic heterocycles. The van der Waals surface area contributed by atoms with E-state index in [-0.39, 0.29) is 5.54 Å². The van der Waals surface area contributed by atoms with Crippen LogP contribution in [-0.2, 0) is 11.3 Å². The van der Waals surface area contributed by atoms with Crippen LogP contribution in [0.15, 0.2) is 41.8 Å². The molecule has 0 saturated carbocycles. The quantitative estimate of drug-likeness (QED) is 0.862. The predicted octanol–water partition coefficient (Wildman–Crippen LogP) is 3.93. The second-order valence-electron chi connectivity index (χ2n) is 5.34. The van der Waals surface area contributed by atoms with Crippen LogP contribution in [0.1, 0.15) is 18.7 Å². The van der Waals surface area contributed by atoms with Gasteiger partial charge in [-0.3, -0.25) is 0 Å². The zero-order valence-electron chi connectivity index (χ0n) is 11.8. The predicted molar refractivity (Wildman–Crippen MR) is 82.5 cm³/mol. The lowest BCUT2D eigenvalue weighted by Crippen LogP contribution is -2.42. The van der Waals surface area contributed by atoms with Gasteiger partial charge in [-0.05, 0) is 36.4 Å². The topological polar surface area (TPSA) is 21.3 Å². The molecule has 2 aromatic rings. The van der Waals surface area contributed by atoms with E-state index in [1.54, 1.807) is 18.4 Å². The number of nitrogens with one attached hydrogen (secondary N) is 1. The van der Waals surface area contributed by atoms with Crippen LogP contribution in [0.4, 0.5) is 0 Å². The minimum atomic E-state index is 0.00561. The van der Waals surface area contributed by atoms with Gasteiger partial charge in [0.15, 0.2) is 0 Å². The third kappa shape index (κ3) is 4.16. The summed E-state index contributed by atoms with van der Waals surface area (Å²) >= 11 is 1.80. The van der Waals surface area contributed by atoms with Gasteiger partial charge in [0.05, 0.1) is 6.61 Å². The minimum absolute atomic E-state index is 0.00561. The maximum atomic E-state index is 5.21. The third-order valence-electron chi connectivity index (χ3n) is 3.01. The lowest BCUT2D eigenvalue weighted by molar-refractivity contribution is 0.128. The zero-order valence-corrected chi connectivity index (χ0v) is 12.6. The van der Waals surface area contributed by atoms with Crippen LogP contribution in [0.2, 0.25) is 0 Å². The molecule has 3 heteroatoms. The summed E-state index contributed by atoms with van der Waals surface area (Å²) in [5, 5.41) is 5.74. The minimum Gasteiger partial charge on any atom is -0.383 e. The lowest BCUT2D eigenvalue weighted by atomic mass is 10.1. The third-order valence-corrected chi connectivity index (χ3v) is 3.94. The molecule has 0 saturated heterocycles. The summed E-state index contributed by atoms with van der Waals surface area (Å²) in [4.78, 5) is 1.35. The molecular weight excluding hydrogens is 254 g/mol. The molecule has 1 N–H and O–H groups in total. The van der Waals surface area contributed by atoms with Gasteiger partial charge in [0, 0.05) is 24.1 Å². The van der Waals surface area contributed by atoms with Crippen LogP contribution in [0.3, 0.4) is 0 Å². The van der Waals surface area contributed by atoms with Gasteiger partial charge in [-0.25, -0.2) is 0 Å². The van der Waals surface area contributed by atoms with Gasteiger partial charge in [0.1, 0.15) is 0 Å². The second-order valence-corrected chi connectivity index (χ2v) is 6.33. The Balaban J connectivity index is 1.99. The molecule has 19 heavy (non-hydrogen) atoms. The molecule has 0 aliphatic carbocycles. The molecule has 2 nitrogen and oxygen atoms in total. The Hall–Kier alpha value is -1.16. The van der Waals surface area contributed by atoms with E-state index in [1.807, 2.05) is 6.07 Å². The summed E-state index contributed by atoms with van der Waals surface area (Å²) < 4.78 is 5.21. The van der Waals surface area contributed by atoms with Crippen molar-refractivity contribution in [3.05, 3.63) is 46.7 Å². The van der Waals surface area contributed by atoms with E-state index < -0.39 is 0 Å². The Morgan fingerprint density at radius 3 is 2.58 bits per heavy atom. The Bertz CT molecular complexity index is 504. The van der Waals surface area contributed by atoms with Crippen LogP contribution in [-0.4, -0.2) is 19.3 Å². The van der Waals surface area contributed by atoms with Crippen molar-refractivity contribution < 1.29 is 4.74 Å². The molecule has 1 aromatic heterocycles. The first-order valence-corrected chi connectivity index (χ1v) is 7.35. The maximum Gasteiger partial charge on any atom is 0.0639 e. The van der Waals surface area contributed by atoms with Crippen LogP contribution < -0.4 is 5.32 Å². The highest BCUT2D eigenvalue weighted by Gasteiger charge is 2.16. The van der Waals surface area contributed by atoms with E-state index in [9.17, 15) is 0 Å². The normalized spacial score (nSPS) is 11.7. The average molecular weight is 275 g/mol. The molecular formula is C16H21NOS. The SMILES string of the molecule is COCC(C)(C)NCc1cc(-c2ccccc2)cs1. The lowest BCUT2D eigenvalue weighted by Gasteiger charge is -2.24. The average Bonchev–Trinajstić information content (AvgIpc) is 2.86. The molecule has 1 aromatic carbocycles. The largest absolute Gasteiger partial charge is 0.383 e. The van der Waals surface area contributed by atoms with Crippen molar-refractivity contribution in [3.8, 4) is 11.1 Å². The Kier molecular flexibility index (Phi) is 4.75. The van der Waals surface area contributed by atoms with Crippen LogP contribution >= 0.6 is 11.3 Å². The smallest absolute Gasteiger partial charge is 0.0639 e. The second kappa shape index (κ2) is 6.33. The molecule has 0 fully saturated rings. The van der Waals surface area contributed by atoms with Crippen molar-refractivity contribution in [2.24, 2.45) is 0 Å². The number of hydrogen-bond donors (Lipinski definition) is 1. The molecule has 0 atom stereocenters. The molecule has 0 spiro atoms. The van der Waals surface area contributed by atoms with E-state index in [1.165, 1.54) is 16.0 Å². The summed E-state index contributed by atoms with van der Waals surface area (Å²) in [6, 6.07) is 12.8. The fraction of sp³-hybridized carbons (Fsp3) is 0.375. The number of hydrogen-bond acceptors (Lipinski definition) is 3. The number of ether oxygens (including phenoxy) is 1. The summed E-state index contributed by atoms with van der Waals surface area (Å²) in [5.41, 5.74) is 2.58. The summed E-state index contributed by atoms with van der Waals surface area (Å²) in [6.07, 6.45) is 0. The number of benzene rings is 1. The Morgan fingerprint density at radius 1 is 1.16 bits per heavy atom. The van der Waals surface area contributed by atoms with E-state index in [2.05, 4.69) is 54.9 Å². The van der Waals surface area contributed by atoms with Crippen LogP contribution in [0.25, 0.3) is 11.1 Å². The van der Waals surface area contributed by atoms with Crippen molar-refractivity contribution in [1.29, 1.82) is 0 Å². The number of methoxy groups -OCH3 is 1. The summed E-state index contributed by atoms with van der Waals surface area (Å²) in [7, 11) is 1.74. The van der Waals surface area contributed by atoms with E-state index in [4.69, 9.17) is 4.74 Å². The van der Waals surface area contributed by atoms with Crippen molar-refractivity contribution in [2.45, 2.75) is 25.9 Å². The van der Waals surface area contributed by atoms with Gasteiger partial charge in [-0.15, -0.1) is 11.3 Å². The fourth-order valence-corrected chi connectivity index (χ4v) is 2.83. The first-order valence-electron chi connectivity index (χ1n) is 6.47. The van der Waals surface area contributed by atoms with E-state index >= 15 is 0 Å². The molecule has 102 valence electrons. The molecule has 0 bridgehead atoms. The van der Waals surface area contributed by atoms with E-state index in [0.717, 1.165) is 6.54 Å². The van der Waals surface area contributed by atoms with Crippen molar-refractivity contribution in [2.75, 3.05) is 13.7 Å². The highest BCUT2D eigenvalue weighted by molar-refractivity contribution is 7.10. The Morgan fingerprint density at radius 2 is 1.89 bits per heavy atom. The van der Waals surface area contributed by atoms with Crippen molar-refractivity contribution in [1.82, 2.24) is 5.32 Å². The van der Waals surface area contributed by atoms with Gasteiger partial charge in [0.25, 0.3) is 0 Å². The monoisotopic (exact) mass is 275 g/mol. The summed E-state index contributed by atoms with van der Waals surface area (Å²) in [6.45, 7) is 5.90. The molecule has 2 rings (SSSR count). The van der Waals surface area contributed by atoms with Crippen LogP contribution in [0.5, 0.6) is 0 Å². The maximum absolute atomic E-state index is 5.21. The van der Waals surface area contributed by atoms with E-state index in [0.29, 0.717) is 6.61 Å². The number of thiophene rings is 1. The van der Waals surface area contributed by atoms with Crippen LogP contribution in [0, 0.1) is 0 Å². The molecule has 0 unspecified atom stereocenters.